The van der Waals surface area contributed by atoms with Gasteiger partial charge in [0.25, 0.3) is 0 Å². The first-order valence-electron chi connectivity index (χ1n) is 6.26. The summed E-state index contributed by atoms with van der Waals surface area (Å²) in [5, 5.41) is 0. The first kappa shape index (κ1) is 10.5. The molecule has 2 aromatic heterocycles. The van der Waals surface area contributed by atoms with Crippen molar-refractivity contribution >= 4 is 11.2 Å². The van der Waals surface area contributed by atoms with Gasteiger partial charge in [-0.3, -0.25) is 0 Å². The summed E-state index contributed by atoms with van der Waals surface area (Å²) in [5.74, 6) is 2.14. The number of fused-ring (bicyclic) bond motifs is 2. The number of para-hydroxylation sites is 1. The summed E-state index contributed by atoms with van der Waals surface area (Å²) >= 11 is 0. The minimum Gasteiger partial charge on any atom is -0.493 e. The van der Waals surface area contributed by atoms with Gasteiger partial charge in [-0.15, -0.1) is 0 Å². The molecule has 94 valence electrons. The topological polar surface area (TPSA) is 63.7 Å². The molecule has 5 nitrogen and oxygen atoms in total. The standard InChI is InChI=1S/C14H12N4O/c1-2-4-12-9(3-1)5-10(7-19-12)13-17-11-6-15-8-16-14(11)18-13/h1-4,6,8,10H,5,7H2,(H,15,16,17,18). The lowest BCUT2D eigenvalue weighted by molar-refractivity contribution is 0.258. The summed E-state index contributed by atoms with van der Waals surface area (Å²) in [4.78, 5) is 15.9. The number of rotatable bonds is 1. The van der Waals surface area contributed by atoms with Gasteiger partial charge >= 0.3 is 0 Å². The third kappa shape index (κ3) is 1.74. The smallest absolute Gasteiger partial charge is 0.180 e. The number of hydrogen-bond acceptors (Lipinski definition) is 4. The van der Waals surface area contributed by atoms with E-state index in [-0.39, 0.29) is 5.92 Å². The SMILES string of the molecule is c1ccc2c(c1)CC(c1nc3ncncc3[nH]1)CO2. The molecule has 4 rings (SSSR count). The molecule has 0 bridgehead atoms. The molecule has 0 fully saturated rings. The highest BCUT2D eigenvalue weighted by Gasteiger charge is 2.23. The summed E-state index contributed by atoms with van der Waals surface area (Å²) in [6.45, 7) is 0.643. The number of hydrogen-bond donors (Lipinski definition) is 1. The van der Waals surface area contributed by atoms with Crippen LogP contribution in [-0.2, 0) is 6.42 Å². The van der Waals surface area contributed by atoms with E-state index in [1.54, 1.807) is 6.20 Å². The maximum absolute atomic E-state index is 5.79. The summed E-state index contributed by atoms with van der Waals surface area (Å²) in [6, 6.07) is 8.14. The van der Waals surface area contributed by atoms with Crippen LogP contribution in [0, 0.1) is 0 Å². The van der Waals surface area contributed by atoms with E-state index in [9.17, 15) is 0 Å². The van der Waals surface area contributed by atoms with Crippen molar-refractivity contribution in [3.05, 3.63) is 48.2 Å². The zero-order chi connectivity index (χ0) is 12.7. The van der Waals surface area contributed by atoms with E-state index in [1.165, 1.54) is 11.9 Å². The van der Waals surface area contributed by atoms with Crippen molar-refractivity contribution in [2.24, 2.45) is 0 Å². The van der Waals surface area contributed by atoms with E-state index in [0.29, 0.717) is 12.3 Å². The molecule has 1 aliphatic rings. The van der Waals surface area contributed by atoms with Crippen LogP contribution < -0.4 is 4.74 Å². The first-order chi connectivity index (χ1) is 9.40. The Morgan fingerprint density at radius 3 is 3.16 bits per heavy atom. The highest BCUT2D eigenvalue weighted by molar-refractivity contribution is 5.68. The molecule has 1 unspecified atom stereocenters. The monoisotopic (exact) mass is 252 g/mol. The first-order valence-corrected chi connectivity index (χ1v) is 6.26. The fourth-order valence-corrected chi connectivity index (χ4v) is 2.48. The number of aromatic nitrogens is 4. The lowest BCUT2D eigenvalue weighted by atomic mass is 9.96. The Morgan fingerprint density at radius 1 is 1.26 bits per heavy atom. The number of benzene rings is 1. The van der Waals surface area contributed by atoms with Crippen molar-refractivity contribution in [2.75, 3.05) is 6.61 Å². The maximum Gasteiger partial charge on any atom is 0.180 e. The lowest BCUT2D eigenvalue weighted by Crippen LogP contribution is -2.20. The Kier molecular flexibility index (Phi) is 2.24. The molecule has 0 saturated carbocycles. The van der Waals surface area contributed by atoms with Crippen LogP contribution in [0.2, 0.25) is 0 Å². The van der Waals surface area contributed by atoms with Crippen molar-refractivity contribution < 1.29 is 4.74 Å². The predicted octanol–water partition coefficient (Wildman–Crippen LogP) is 2.07. The fraction of sp³-hybridized carbons (Fsp3) is 0.214. The van der Waals surface area contributed by atoms with Crippen LogP contribution in [-0.4, -0.2) is 26.5 Å². The molecule has 1 aromatic carbocycles. The van der Waals surface area contributed by atoms with Gasteiger partial charge in [0, 0.05) is 0 Å². The second-order valence-corrected chi connectivity index (χ2v) is 4.70. The molecular weight excluding hydrogens is 240 g/mol. The van der Waals surface area contributed by atoms with Gasteiger partial charge in [-0.2, -0.15) is 0 Å². The summed E-state index contributed by atoms with van der Waals surface area (Å²) in [7, 11) is 0. The van der Waals surface area contributed by atoms with E-state index in [2.05, 4.69) is 26.0 Å². The third-order valence-corrected chi connectivity index (χ3v) is 3.45. The number of aromatic amines is 1. The van der Waals surface area contributed by atoms with Crippen molar-refractivity contribution in [1.29, 1.82) is 0 Å². The van der Waals surface area contributed by atoms with Crippen LogP contribution in [0.3, 0.4) is 0 Å². The lowest BCUT2D eigenvalue weighted by Gasteiger charge is -2.23. The molecule has 3 heterocycles. The van der Waals surface area contributed by atoms with E-state index >= 15 is 0 Å². The second-order valence-electron chi connectivity index (χ2n) is 4.70. The predicted molar refractivity (Wildman–Crippen MR) is 70.1 cm³/mol. The van der Waals surface area contributed by atoms with Gasteiger partial charge in [0.05, 0.1) is 18.7 Å². The minimum absolute atomic E-state index is 0.240. The largest absolute Gasteiger partial charge is 0.493 e. The maximum atomic E-state index is 5.79. The third-order valence-electron chi connectivity index (χ3n) is 3.45. The molecule has 0 radical (unpaired) electrons. The molecule has 0 amide bonds. The number of ether oxygens (including phenoxy) is 1. The molecule has 0 spiro atoms. The van der Waals surface area contributed by atoms with Crippen molar-refractivity contribution in [3.63, 3.8) is 0 Å². The Balaban J connectivity index is 1.70. The van der Waals surface area contributed by atoms with Gasteiger partial charge in [0.2, 0.25) is 0 Å². The molecule has 1 atom stereocenters. The van der Waals surface area contributed by atoms with Gasteiger partial charge in [-0.25, -0.2) is 15.0 Å². The van der Waals surface area contributed by atoms with Crippen molar-refractivity contribution in [3.8, 4) is 5.75 Å². The molecule has 5 heteroatoms. The van der Waals surface area contributed by atoms with Gasteiger partial charge < -0.3 is 9.72 Å². The quantitative estimate of drug-likeness (QED) is 0.720. The summed E-state index contributed by atoms with van der Waals surface area (Å²) in [6.07, 6.45) is 4.19. The van der Waals surface area contributed by atoms with Crippen molar-refractivity contribution in [1.82, 2.24) is 19.9 Å². The zero-order valence-corrected chi connectivity index (χ0v) is 10.2. The highest BCUT2D eigenvalue weighted by atomic mass is 16.5. The molecule has 0 aliphatic carbocycles. The molecule has 1 N–H and O–H groups in total. The number of H-pyrrole nitrogens is 1. The van der Waals surface area contributed by atoms with E-state index in [0.717, 1.165) is 23.5 Å². The van der Waals surface area contributed by atoms with Crippen molar-refractivity contribution in [2.45, 2.75) is 12.3 Å². The number of nitrogens with one attached hydrogen (secondary N) is 1. The van der Waals surface area contributed by atoms with Crippen LogP contribution in [0.1, 0.15) is 17.3 Å². The highest BCUT2D eigenvalue weighted by Crippen LogP contribution is 2.31. The van der Waals surface area contributed by atoms with Crippen LogP contribution in [0.4, 0.5) is 0 Å². The Bertz CT molecular complexity index is 704. The Hall–Kier alpha value is -2.43. The van der Waals surface area contributed by atoms with Crippen LogP contribution in [0.25, 0.3) is 11.2 Å². The molecule has 1 aliphatic heterocycles. The molecule has 0 saturated heterocycles. The average molecular weight is 252 g/mol. The average Bonchev–Trinajstić information content (AvgIpc) is 2.90. The van der Waals surface area contributed by atoms with Crippen LogP contribution in [0.5, 0.6) is 5.75 Å². The van der Waals surface area contributed by atoms with E-state index in [4.69, 9.17) is 4.74 Å². The van der Waals surface area contributed by atoms with E-state index in [1.807, 2.05) is 18.2 Å². The zero-order valence-electron chi connectivity index (χ0n) is 10.2. The molecule has 19 heavy (non-hydrogen) atoms. The summed E-state index contributed by atoms with van der Waals surface area (Å²) < 4.78 is 5.79. The van der Waals surface area contributed by atoms with Gasteiger partial charge in [-0.1, -0.05) is 18.2 Å². The molecular formula is C14H12N4O. The van der Waals surface area contributed by atoms with Crippen LogP contribution in [0.15, 0.2) is 36.8 Å². The Labute approximate surface area is 109 Å². The van der Waals surface area contributed by atoms with Gasteiger partial charge in [-0.05, 0) is 18.1 Å². The van der Waals surface area contributed by atoms with Gasteiger partial charge in [0.1, 0.15) is 23.4 Å². The molecule has 3 aromatic rings. The number of nitrogens with zero attached hydrogens (tertiary/aromatic N) is 3. The van der Waals surface area contributed by atoms with Gasteiger partial charge in [0.15, 0.2) is 5.65 Å². The number of imidazole rings is 1. The van der Waals surface area contributed by atoms with E-state index < -0.39 is 0 Å². The Morgan fingerprint density at radius 2 is 2.21 bits per heavy atom. The summed E-state index contributed by atoms with van der Waals surface area (Å²) in [5.41, 5.74) is 2.81. The minimum atomic E-state index is 0.240. The van der Waals surface area contributed by atoms with Crippen LogP contribution >= 0.6 is 0 Å². The second kappa shape index (κ2) is 4.05. The fourth-order valence-electron chi connectivity index (χ4n) is 2.48. The normalized spacial score (nSPS) is 18.0.